The van der Waals surface area contributed by atoms with Crippen molar-refractivity contribution in [3.8, 4) is 5.88 Å². The number of nitrogens with one attached hydrogen (secondary N) is 1. The molecular weight excluding hydrogens is 523 g/mol. The Kier molecular flexibility index (Phi) is 7.55. The largest absolute Gasteiger partial charge is 0.481 e. The Morgan fingerprint density at radius 2 is 2.08 bits per heavy atom. The van der Waals surface area contributed by atoms with Crippen molar-refractivity contribution in [2.24, 2.45) is 15.7 Å². The minimum absolute atomic E-state index is 0.0499. The van der Waals surface area contributed by atoms with Crippen LogP contribution in [-0.2, 0) is 11.2 Å². The summed E-state index contributed by atoms with van der Waals surface area (Å²) in [6.45, 7) is 4.53. The van der Waals surface area contributed by atoms with Gasteiger partial charge in [-0.25, -0.2) is 15.0 Å². The summed E-state index contributed by atoms with van der Waals surface area (Å²) in [5.41, 5.74) is 7.80. The lowest BCUT2D eigenvalue weighted by Gasteiger charge is -2.36. The fourth-order valence-corrected chi connectivity index (χ4v) is 5.23. The van der Waals surface area contributed by atoms with E-state index < -0.39 is 17.9 Å². The van der Waals surface area contributed by atoms with Gasteiger partial charge < -0.3 is 20.7 Å². The Bertz CT molecular complexity index is 1310. The number of carbonyl (C=O) groups excluding carboxylic acids is 1. The predicted molar refractivity (Wildman–Crippen MR) is 139 cm³/mol. The van der Waals surface area contributed by atoms with E-state index in [9.17, 15) is 18.0 Å². The summed E-state index contributed by atoms with van der Waals surface area (Å²) < 4.78 is 44.4. The summed E-state index contributed by atoms with van der Waals surface area (Å²) in [5.74, 6) is -1.12. The Balaban J connectivity index is 1.51. The summed E-state index contributed by atoms with van der Waals surface area (Å²) in [6.07, 6.45) is -1.17. The van der Waals surface area contributed by atoms with E-state index in [1.165, 1.54) is 13.3 Å². The van der Waals surface area contributed by atoms with Crippen LogP contribution in [0.3, 0.4) is 0 Å². The number of alkyl halides is 3. The molecule has 0 aliphatic carbocycles. The first kappa shape index (κ1) is 27.6. The normalized spacial score (nSPS) is 20.8. The average molecular weight is 552 g/mol. The highest BCUT2D eigenvalue weighted by Crippen LogP contribution is 2.38. The maximum atomic E-state index is 13.4. The number of rotatable bonds is 4. The number of pyridine rings is 2. The number of aromatic nitrogens is 2. The number of methoxy groups -OCH3 is 1. The summed E-state index contributed by atoms with van der Waals surface area (Å²) >= 11 is 6.32. The van der Waals surface area contributed by atoms with Gasteiger partial charge >= 0.3 is 6.18 Å². The van der Waals surface area contributed by atoms with Gasteiger partial charge in [-0.1, -0.05) is 11.6 Å². The number of hydrogen-bond acceptors (Lipinski definition) is 6. The average Bonchev–Trinajstić information content (AvgIpc) is 3.28. The third-order valence-corrected chi connectivity index (χ3v) is 7.40. The molecule has 1 fully saturated rings. The van der Waals surface area contributed by atoms with E-state index in [0.29, 0.717) is 59.5 Å². The first-order chi connectivity index (χ1) is 17.9. The van der Waals surface area contributed by atoms with Crippen LogP contribution in [-0.4, -0.2) is 71.4 Å². The van der Waals surface area contributed by atoms with Gasteiger partial charge in [0.25, 0.3) is 0 Å². The van der Waals surface area contributed by atoms with E-state index in [1.54, 1.807) is 19.1 Å². The van der Waals surface area contributed by atoms with Crippen molar-refractivity contribution in [1.29, 1.82) is 0 Å². The molecule has 13 heteroatoms. The number of ether oxygens (including phenoxy) is 1. The van der Waals surface area contributed by atoms with Gasteiger partial charge in [0.1, 0.15) is 11.7 Å². The van der Waals surface area contributed by atoms with Gasteiger partial charge in [0, 0.05) is 38.0 Å². The van der Waals surface area contributed by atoms with Crippen molar-refractivity contribution in [3.05, 3.63) is 45.7 Å². The molecule has 204 valence electrons. The van der Waals surface area contributed by atoms with Gasteiger partial charge in [0.2, 0.25) is 17.6 Å². The molecule has 2 aromatic heterocycles. The number of aryl methyl sites for hydroxylation is 2. The second-order valence-electron chi connectivity index (χ2n) is 9.56. The van der Waals surface area contributed by atoms with Crippen molar-refractivity contribution >= 4 is 35.0 Å². The van der Waals surface area contributed by atoms with Crippen LogP contribution in [0.15, 0.2) is 28.3 Å². The van der Waals surface area contributed by atoms with Gasteiger partial charge in [-0.05, 0) is 50.3 Å². The first-order valence-electron chi connectivity index (χ1n) is 12.0. The van der Waals surface area contributed by atoms with Crippen molar-refractivity contribution in [3.63, 3.8) is 0 Å². The van der Waals surface area contributed by atoms with Crippen LogP contribution in [0.4, 0.5) is 19.0 Å². The zero-order valence-corrected chi connectivity index (χ0v) is 22.2. The highest BCUT2D eigenvalue weighted by Gasteiger charge is 2.43. The van der Waals surface area contributed by atoms with Crippen molar-refractivity contribution < 1.29 is 22.7 Å². The zero-order chi connectivity index (χ0) is 27.8. The third kappa shape index (κ3) is 5.40. The quantitative estimate of drug-likeness (QED) is 0.440. The summed E-state index contributed by atoms with van der Waals surface area (Å²) in [6, 6.07) is 3.40. The number of nitrogens with zero attached hydrogens (tertiary/aromatic N) is 5. The molecule has 0 bridgehead atoms. The number of nitrogens with two attached hydrogens (primary N) is 1. The molecular formula is C25H29ClF3N7O2. The van der Waals surface area contributed by atoms with Gasteiger partial charge in [-0.15, -0.1) is 0 Å². The van der Waals surface area contributed by atoms with E-state index >= 15 is 0 Å². The van der Waals surface area contributed by atoms with Crippen molar-refractivity contribution in [1.82, 2.24) is 14.9 Å². The molecule has 4 rings (SSSR count). The second-order valence-corrected chi connectivity index (χ2v) is 9.96. The van der Waals surface area contributed by atoms with Gasteiger partial charge in [-0.2, -0.15) is 13.2 Å². The molecule has 0 unspecified atom stereocenters. The van der Waals surface area contributed by atoms with Crippen LogP contribution in [0.25, 0.3) is 0 Å². The number of amidine groups is 2. The molecule has 2 aliphatic rings. The maximum absolute atomic E-state index is 13.4. The SMILES string of the molecule is CN=C(N=C(N)c1cc2c(nc1C)N[C@]1(CC2)CCN(C(=O)[C@H](C)c2cc(OC)ncc2Cl)C1)C(F)(F)F. The van der Waals surface area contributed by atoms with Crippen LogP contribution in [0, 0.1) is 6.92 Å². The number of likely N-dealkylation sites (tertiary alicyclic amines) is 1. The molecule has 9 nitrogen and oxygen atoms in total. The number of fused-ring (bicyclic) bond motifs is 1. The highest BCUT2D eigenvalue weighted by molar-refractivity contribution is 6.31. The molecule has 38 heavy (non-hydrogen) atoms. The Hall–Kier alpha value is -3.41. The molecule has 1 spiro atoms. The Morgan fingerprint density at radius 1 is 1.34 bits per heavy atom. The monoisotopic (exact) mass is 551 g/mol. The fourth-order valence-electron chi connectivity index (χ4n) is 4.96. The minimum atomic E-state index is -4.71. The first-order valence-corrected chi connectivity index (χ1v) is 12.4. The van der Waals surface area contributed by atoms with Crippen LogP contribution in [0.2, 0.25) is 5.02 Å². The fraction of sp³-hybridized carbons (Fsp3) is 0.480. The number of halogens is 4. The van der Waals surface area contributed by atoms with E-state index in [2.05, 4.69) is 25.3 Å². The molecule has 2 aliphatic heterocycles. The van der Waals surface area contributed by atoms with E-state index in [4.69, 9.17) is 22.1 Å². The summed E-state index contributed by atoms with van der Waals surface area (Å²) in [4.78, 5) is 30.6. The van der Waals surface area contributed by atoms with E-state index in [1.807, 2.05) is 11.8 Å². The van der Waals surface area contributed by atoms with Crippen LogP contribution < -0.4 is 15.8 Å². The number of hydrogen-bond donors (Lipinski definition) is 2. The Morgan fingerprint density at radius 3 is 2.74 bits per heavy atom. The smallest absolute Gasteiger partial charge is 0.451 e. The lowest BCUT2D eigenvalue weighted by molar-refractivity contribution is -0.131. The number of amides is 1. The molecule has 0 saturated carbocycles. The van der Waals surface area contributed by atoms with Crippen LogP contribution >= 0.6 is 11.6 Å². The Labute approximate surface area is 223 Å². The van der Waals surface area contributed by atoms with E-state index in [-0.39, 0.29) is 17.3 Å². The molecule has 0 radical (unpaired) electrons. The van der Waals surface area contributed by atoms with Crippen LogP contribution in [0.1, 0.15) is 48.1 Å². The molecule has 1 saturated heterocycles. The second kappa shape index (κ2) is 10.4. The van der Waals surface area contributed by atoms with Gasteiger partial charge in [0.05, 0.1) is 29.3 Å². The van der Waals surface area contributed by atoms with Gasteiger partial charge in [0.15, 0.2) is 0 Å². The van der Waals surface area contributed by atoms with E-state index in [0.717, 1.165) is 19.0 Å². The lowest BCUT2D eigenvalue weighted by Crippen LogP contribution is -2.46. The maximum Gasteiger partial charge on any atom is 0.451 e. The minimum Gasteiger partial charge on any atom is -0.481 e. The number of aliphatic imine (C=N–C) groups is 2. The third-order valence-electron chi connectivity index (χ3n) is 7.09. The molecule has 0 aromatic carbocycles. The summed E-state index contributed by atoms with van der Waals surface area (Å²) in [5, 5.41) is 3.90. The van der Waals surface area contributed by atoms with Crippen molar-refractivity contribution in [2.75, 3.05) is 32.6 Å². The highest BCUT2D eigenvalue weighted by atomic mass is 35.5. The van der Waals surface area contributed by atoms with Gasteiger partial charge in [-0.3, -0.25) is 9.79 Å². The molecule has 3 N–H and O–H groups in total. The van der Waals surface area contributed by atoms with Crippen molar-refractivity contribution in [2.45, 2.75) is 50.7 Å². The summed E-state index contributed by atoms with van der Waals surface area (Å²) in [7, 11) is 2.52. The van der Waals surface area contributed by atoms with Crippen LogP contribution in [0.5, 0.6) is 5.88 Å². The molecule has 2 aromatic rings. The number of anilines is 1. The standard InChI is InChI=1S/C25H29ClF3N7O2/c1-13(16-10-19(38-4)32-11-18(16)26)22(37)36-8-7-24(12-36)6-5-15-9-17(14(2)33-21(15)35-24)20(30)34-23(31-3)25(27,28)29/h9-11,13H,5-8,12H2,1-4H3,(H,33,35)(H2,30,31,34)/t13-,24-/m1/s1. The topological polar surface area (TPSA) is 118 Å². The molecule has 1 amide bonds. The lowest BCUT2D eigenvalue weighted by atomic mass is 9.86. The zero-order valence-electron chi connectivity index (χ0n) is 21.5. The molecule has 4 heterocycles. The predicted octanol–water partition coefficient (Wildman–Crippen LogP) is 3.88. The molecule has 2 atom stereocenters. The number of carbonyl (C=O) groups is 1.